The number of nitrogens with zero attached hydrogens (tertiary/aromatic N) is 2. The largest absolute Gasteiger partial charge is 0.468 e. The first-order chi connectivity index (χ1) is 29.7. The normalized spacial score (nSPS) is 18.7. The molecule has 0 bridgehead atoms. The summed E-state index contributed by atoms with van der Waals surface area (Å²) in [6.07, 6.45) is 9.29. The molecule has 0 radical (unpaired) electrons. The molecule has 0 amide bonds. The van der Waals surface area contributed by atoms with Crippen LogP contribution in [-0.2, 0) is 33.5 Å². The second-order valence-corrected chi connectivity index (χ2v) is 23.4. The molecule has 1 aromatic heterocycles. The number of aryl methyl sites for hydroxylation is 2. The minimum atomic E-state index is -0.0776. The van der Waals surface area contributed by atoms with Crippen LogP contribution < -0.4 is 26.4 Å². The maximum absolute atomic E-state index is 7.53. The average molecular weight is 835 g/mol. The van der Waals surface area contributed by atoms with Crippen LogP contribution in [0.3, 0.4) is 0 Å². The van der Waals surface area contributed by atoms with Gasteiger partial charge in [-0.25, -0.2) is 0 Å². The number of anilines is 6. The third-order valence-corrected chi connectivity index (χ3v) is 16.8. The fourth-order valence-corrected chi connectivity index (χ4v) is 12.9. The highest BCUT2D eigenvalue weighted by Gasteiger charge is 2.50. The zero-order valence-electron chi connectivity index (χ0n) is 41.0. The van der Waals surface area contributed by atoms with Gasteiger partial charge >= 0.3 is 0 Å². The van der Waals surface area contributed by atoms with E-state index in [1.165, 1.54) is 122 Å². The number of hydrogen-bond acceptors (Lipinski definition) is 3. The first-order valence-corrected chi connectivity index (χ1v) is 24.4. The van der Waals surface area contributed by atoms with Crippen molar-refractivity contribution in [2.75, 3.05) is 9.80 Å². The smallest absolute Gasteiger partial charge is 0.297 e. The first-order valence-electron chi connectivity index (χ1n) is 24.4. The Morgan fingerprint density at radius 1 is 0.651 bits per heavy atom. The van der Waals surface area contributed by atoms with E-state index >= 15 is 0 Å². The molecule has 4 aliphatic rings. The number of unbranched alkanes of at least 4 members (excludes halogenated alkanes) is 1. The standard InChI is InChI=1S/C59H71BN2O/c1-15-17-26-55(5,6)41-33-40-49(32-38(41)16-2)63-54-53(40)61(39-22-19-18-20-23-39)46-24-21-25-47-51(46)60(54)45-34-42-43(57(9,10)28-27-56(42,7)8)35-48(45)62(47)52-36(3)31-44-50(37(52)4)59(13,14)30-29-58(44,11)12/h18-25,31-35H,15-17,26-30H2,1-14H3. The number of furan rings is 1. The fourth-order valence-electron chi connectivity index (χ4n) is 12.9. The molecule has 3 heterocycles. The fraction of sp³-hybridized carbons (Fsp3) is 0.458. The second kappa shape index (κ2) is 14.2. The van der Waals surface area contributed by atoms with E-state index in [0.29, 0.717) is 0 Å². The van der Waals surface area contributed by atoms with E-state index in [0.717, 1.165) is 29.8 Å². The summed E-state index contributed by atoms with van der Waals surface area (Å²) in [4.78, 5) is 5.27. The lowest BCUT2D eigenvalue weighted by atomic mass is 9.35. The number of fused-ring (bicyclic) bond motifs is 8. The van der Waals surface area contributed by atoms with Crippen molar-refractivity contribution in [3.05, 3.63) is 123 Å². The Kier molecular flexibility index (Phi) is 9.49. The molecule has 2 aliphatic heterocycles. The van der Waals surface area contributed by atoms with Crippen molar-refractivity contribution in [3.63, 3.8) is 0 Å². The van der Waals surface area contributed by atoms with Gasteiger partial charge < -0.3 is 14.2 Å². The lowest BCUT2D eigenvalue weighted by Crippen LogP contribution is -2.61. The minimum absolute atomic E-state index is 0.0424. The van der Waals surface area contributed by atoms with E-state index < -0.39 is 0 Å². The van der Waals surface area contributed by atoms with Crippen LogP contribution in [0.5, 0.6) is 0 Å². The topological polar surface area (TPSA) is 19.6 Å². The van der Waals surface area contributed by atoms with Gasteiger partial charge in [0, 0.05) is 28.1 Å². The molecule has 2 aliphatic carbocycles. The molecule has 63 heavy (non-hydrogen) atoms. The van der Waals surface area contributed by atoms with Gasteiger partial charge in [0.05, 0.1) is 17.0 Å². The molecule has 0 saturated carbocycles. The zero-order valence-corrected chi connectivity index (χ0v) is 41.0. The van der Waals surface area contributed by atoms with Gasteiger partial charge in [-0.15, -0.1) is 0 Å². The van der Waals surface area contributed by atoms with Crippen molar-refractivity contribution in [2.24, 2.45) is 0 Å². The van der Waals surface area contributed by atoms with Crippen LogP contribution in [0.25, 0.3) is 11.0 Å². The van der Waals surface area contributed by atoms with Crippen LogP contribution in [-0.4, -0.2) is 6.71 Å². The van der Waals surface area contributed by atoms with E-state index in [2.05, 4.69) is 186 Å². The molecule has 5 aromatic carbocycles. The third kappa shape index (κ3) is 6.19. The quantitative estimate of drug-likeness (QED) is 0.149. The van der Waals surface area contributed by atoms with Crippen molar-refractivity contribution in [2.45, 2.75) is 175 Å². The summed E-state index contributed by atoms with van der Waals surface area (Å²) >= 11 is 0. The maximum atomic E-state index is 7.53. The molecule has 0 N–H and O–H groups in total. The predicted molar refractivity (Wildman–Crippen MR) is 272 cm³/mol. The summed E-state index contributed by atoms with van der Waals surface area (Å²) < 4.78 is 7.53. The van der Waals surface area contributed by atoms with Gasteiger partial charge in [-0.1, -0.05) is 132 Å². The summed E-state index contributed by atoms with van der Waals surface area (Å²) in [5, 5.41) is 1.22. The third-order valence-electron chi connectivity index (χ3n) is 16.8. The van der Waals surface area contributed by atoms with Crippen molar-refractivity contribution in [1.29, 1.82) is 0 Å². The molecular formula is C59H71BN2O. The molecule has 6 aromatic rings. The van der Waals surface area contributed by atoms with E-state index in [-0.39, 0.29) is 33.8 Å². The molecule has 0 saturated heterocycles. The van der Waals surface area contributed by atoms with E-state index in [1.807, 2.05) is 0 Å². The maximum Gasteiger partial charge on any atom is 0.297 e. The average Bonchev–Trinajstić information content (AvgIpc) is 3.61. The second-order valence-electron chi connectivity index (χ2n) is 23.4. The summed E-state index contributed by atoms with van der Waals surface area (Å²) in [5.41, 5.74) is 24.3. The molecule has 0 unspecified atom stereocenters. The van der Waals surface area contributed by atoms with Crippen LogP contribution >= 0.6 is 0 Å². The molecule has 0 fully saturated rings. The number of benzene rings is 5. The van der Waals surface area contributed by atoms with Crippen LogP contribution in [0, 0.1) is 13.8 Å². The zero-order chi connectivity index (χ0) is 44.8. The Labute approximate surface area is 379 Å². The Morgan fingerprint density at radius 2 is 1.27 bits per heavy atom. The number of hydrogen-bond donors (Lipinski definition) is 0. The molecule has 10 rings (SSSR count). The van der Waals surface area contributed by atoms with Crippen molar-refractivity contribution < 1.29 is 4.42 Å². The molecule has 3 nitrogen and oxygen atoms in total. The van der Waals surface area contributed by atoms with Gasteiger partial charge in [-0.3, -0.25) is 0 Å². The lowest BCUT2D eigenvalue weighted by Gasteiger charge is -2.48. The molecule has 0 atom stereocenters. The molecular weight excluding hydrogens is 763 g/mol. The van der Waals surface area contributed by atoms with Crippen molar-refractivity contribution >= 4 is 68.4 Å². The van der Waals surface area contributed by atoms with Crippen LogP contribution in [0.2, 0.25) is 0 Å². The summed E-state index contributed by atoms with van der Waals surface area (Å²) in [5.74, 6) is 0. The van der Waals surface area contributed by atoms with Crippen LogP contribution in [0.4, 0.5) is 34.1 Å². The van der Waals surface area contributed by atoms with Crippen molar-refractivity contribution in [1.82, 2.24) is 0 Å². The Balaban J connectivity index is 1.34. The van der Waals surface area contributed by atoms with E-state index in [1.54, 1.807) is 5.56 Å². The van der Waals surface area contributed by atoms with Crippen LogP contribution in [0.15, 0.2) is 83.3 Å². The Bertz CT molecular complexity index is 2830. The van der Waals surface area contributed by atoms with Gasteiger partial charge in [0.2, 0.25) is 0 Å². The monoisotopic (exact) mass is 835 g/mol. The summed E-state index contributed by atoms with van der Waals surface area (Å²) in [7, 11) is 0. The van der Waals surface area contributed by atoms with Gasteiger partial charge in [-0.2, -0.15) is 0 Å². The molecule has 0 spiro atoms. The van der Waals surface area contributed by atoms with Gasteiger partial charge in [0.25, 0.3) is 6.71 Å². The Morgan fingerprint density at radius 3 is 1.92 bits per heavy atom. The highest BCUT2D eigenvalue weighted by molar-refractivity contribution is 7.00. The van der Waals surface area contributed by atoms with Crippen molar-refractivity contribution in [3.8, 4) is 0 Å². The minimum Gasteiger partial charge on any atom is -0.468 e. The highest BCUT2D eigenvalue weighted by Crippen LogP contribution is 2.55. The summed E-state index contributed by atoms with van der Waals surface area (Å²) in [6.45, 7) is 34.1. The molecule has 4 heteroatoms. The predicted octanol–water partition coefficient (Wildman–Crippen LogP) is 14.9. The molecule has 326 valence electrons. The van der Waals surface area contributed by atoms with E-state index in [4.69, 9.17) is 4.42 Å². The number of para-hydroxylation sites is 1. The van der Waals surface area contributed by atoms with Gasteiger partial charge in [0.1, 0.15) is 5.58 Å². The van der Waals surface area contributed by atoms with E-state index in [9.17, 15) is 0 Å². The highest BCUT2D eigenvalue weighted by atomic mass is 16.3. The SMILES string of the molecule is CCCCC(C)(C)c1cc2c3c(oc2cc1CC)B1c2cc4c(cc2N(c2c(C)cc5c(c2C)C(C)(C)CCC5(C)C)c2cccc(c21)N3c1ccccc1)C(C)(C)CCC4(C)C. The first kappa shape index (κ1) is 42.3. The van der Waals surface area contributed by atoms with Crippen LogP contribution in [0.1, 0.15) is 173 Å². The van der Waals surface area contributed by atoms with Gasteiger partial charge in [0.15, 0.2) is 0 Å². The Hall–Kier alpha value is -4.70. The van der Waals surface area contributed by atoms with Gasteiger partial charge in [-0.05, 0) is 177 Å². The lowest BCUT2D eigenvalue weighted by molar-refractivity contribution is 0.330. The number of rotatable bonds is 7. The summed E-state index contributed by atoms with van der Waals surface area (Å²) in [6, 6.07) is 31.0.